The lowest BCUT2D eigenvalue weighted by molar-refractivity contribution is -0.160. The van der Waals surface area contributed by atoms with Crippen molar-refractivity contribution in [3.8, 4) is 28.7 Å². The molecule has 0 atom stereocenters. The molecule has 4 aromatic rings. The number of nitrogens with two attached hydrogens (primary N) is 1. The van der Waals surface area contributed by atoms with E-state index in [-0.39, 0.29) is 25.3 Å². The van der Waals surface area contributed by atoms with E-state index in [0.29, 0.717) is 39.6 Å². The first-order chi connectivity index (χ1) is 17.3. The molecule has 1 saturated carbocycles. The number of carboxylic acids is 1. The summed E-state index contributed by atoms with van der Waals surface area (Å²) in [7, 11) is 0. The molecular weight excluding hydrogens is 575 g/mol. The normalized spacial score (nSPS) is 18.9. The highest BCUT2D eigenvalue weighted by Crippen LogP contribution is 2.45. The summed E-state index contributed by atoms with van der Waals surface area (Å²) < 4.78 is 2.38. The third-order valence-electron chi connectivity index (χ3n) is 6.07. The van der Waals surface area contributed by atoms with Crippen LogP contribution in [-0.4, -0.2) is 46.1 Å². The van der Waals surface area contributed by atoms with Gasteiger partial charge in [0.15, 0.2) is 0 Å². The first-order valence-corrected chi connectivity index (χ1v) is 12.0. The Bertz CT molecular complexity index is 1520. The molecule has 180 valence electrons. The number of hydrogen-bond acceptors (Lipinski definition) is 9. The molecule has 1 aliphatic carbocycles. The van der Waals surface area contributed by atoms with Gasteiger partial charge in [-0.05, 0) is 59.7 Å². The number of hydrogen-bond donors (Lipinski definition) is 3. The average Bonchev–Trinajstić information content (AvgIpc) is 3.30. The number of aromatic nitrogens is 6. The van der Waals surface area contributed by atoms with Gasteiger partial charge in [-0.3, -0.25) is 9.78 Å². The van der Waals surface area contributed by atoms with Crippen LogP contribution < -0.4 is 5.73 Å². The smallest absolute Gasteiger partial charge is 0.306 e. The summed E-state index contributed by atoms with van der Waals surface area (Å²) in [6, 6.07) is 14.7. The van der Waals surface area contributed by atoms with Gasteiger partial charge in [0.05, 0.1) is 47.0 Å². The molecule has 36 heavy (non-hydrogen) atoms. The number of carbonyl (C=O) groups is 1. The predicted octanol–water partition coefficient (Wildman–Crippen LogP) is 2.59. The van der Waals surface area contributed by atoms with Crippen molar-refractivity contribution in [1.82, 2.24) is 29.9 Å². The van der Waals surface area contributed by atoms with E-state index in [4.69, 9.17) is 10.8 Å². The molecule has 3 heterocycles. The molecule has 3 aromatic heterocycles. The minimum absolute atomic E-state index is 0.0441. The molecule has 1 fully saturated rings. The number of pyridine rings is 1. The molecule has 1 aromatic carbocycles. The minimum atomic E-state index is -1.24. The molecule has 4 N–H and O–H groups in total. The molecule has 0 unspecified atom stereocenters. The van der Waals surface area contributed by atoms with Crippen molar-refractivity contribution in [3.05, 3.63) is 69.2 Å². The molecule has 0 saturated heterocycles. The summed E-state index contributed by atoms with van der Waals surface area (Å²) in [5.41, 5.74) is 8.38. The van der Waals surface area contributed by atoms with Gasteiger partial charge in [0.1, 0.15) is 17.4 Å². The van der Waals surface area contributed by atoms with Crippen LogP contribution in [0.15, 0.2) is 48.7 Å². The summed E-state index contributed by atoms with van der Waals surface area (Å²) in [5.74, 6) is -1.43. The van der Waals surface area contributed by atoms with E-state index in [1.54, 1.807) is 41.2 Å². The van der Waals surface area contributed by atoms with Crippen LogP contribution >= 0.6 is 22.6 Å². The molecule has 1 aliphatic rings. The fourth-order valence-corrected chi connectivity index (χ4v) is 4.83. The Labute approximate surface area is 218 Å². The van der Waals surface area contributed by atoms with Gasteiger partial charge in [-0.15, -0.1) is 5.10 Å². The molecule has 0 spiro atoms. The lowest BCUT2D eigenvalue weighted by atomic mass is 9.69. The Kier molecular flexibility index (Phi) is 6.10. The number of nitriles is 1. The second kappa shape index (κ2) is 9.25. The molecule has 0 amide bonds. The Hall–Kier alpha value is -3.96. The van der Waals surface area contributed by atoms with Gasteiger partial charge in [0.25, 0.3) is 0 Å². The van der Waals surface area contributed by atoms with E-state index in [0.717, 1.165) is 3.57 Å². The first-order valence-electron chi connectivity index (χ1n) is 10.9. The first kappa shape index (κ1) is 23.8. The van der Waals surface area contributed by atoms with Crippen LogP contribution in [0.2, 0.25) is 0 Å². The van der Waals surface area contributed by atoms with Crippen molar-refractivity contribution >= 4 is 34.5 Å². The van der Waals surface area contributed by atoms with Crippen LogP contribution in [0.5, 0.6) is 0 Å². The number of rotatable bonds is 6. The summed E-state index contributed by atoms with van der Waals surface area (Å²) >= 11 is 2.10. The molecule has 0 radical (unpaired) electrons. The summed E-state index contributed by atoms with van der Waals surface area (Å²) in [4.78, 5) is 24.2. The number of nitrogen functional groups attached to an aromatic ring is 1. The molecule has 0 aliphatic heterocycles. The van der Waals surface area contributed by atoms with Crippen molar-refractivity contribution < 1.29 is 15.0 Å². The van der Waals surface area contributed by atoms with Crippen LogP contribution in [0.4, 0.5) is 5.95 Å². The van der Waals surface area contributed by atoms with Crippen LogP contribution in [0.25, 0.3) is 22.6 Å². The highest BCUT2D eigenvalue weighted by atomic mass is 127. The third kappa shape index (κ3) is 4.50. The lowest BCUT2D eigenvalue weighted by Gasteiger charge is -2.41. The van der Waals surface area contributed by atoms with Crippen LogP contribution in [-0.2, 0) is 16.9 Å². The van der Waals surface area contributed by atoms with Crippen molar-refractivity contribution in [2.24, 2.45) is 5.92 Å². The van der Waals surface area contributed by atoms with Gasteiger partial charge in [-0.25, -0.2) is 14.6 Å². The van der Waals surface area contributed by atoms with E-state index in [9.17, 15) is 15.2 Å². The number of benzene rings is 1. The van der Waals surface area contributed by atoms with Gasteiger partial charge in [-0.1, -0.05) is 23.4 Å². The largest absolute Gasteiger partial charge is 0.481 e. The number of nitrogens with zero attached hydrogens (tertiary/aromatic N) is 7. The van der Waals surface area contributed by atoms with E-state index < -0.39 is 17.5 Å². The fraction of sp³-hybridized carbons (Fsp3) is 0.208. The second-order valence-electron chi connectivity index (χ2n) is 8.56. The standard InChI is InChI=1S/C24H19IN8O3/c25-17-5-2-4-15(16(17)10-26)18-7-19(30-23(27)29-18)20-12-33(32-31-20)11-14-3-1-6-21(28-14)24(36)8-13(9-24)22(34)35/h1-7,12-13,36H,8-9,11H2,(H,34,35)(H2,27,29,30). The molecule has 0 bridgehead atoms. The summed E-state index contributed by atoms with van der Waals surface area (Å²) in [6.07, 6.45) is 1.97. The van der Waals surface area contributed by atoms with E-state index in [2.05, 4.69) is 53.9 Å². The third-order valence-corrected chi connectivity index (χ3v) is 6.97. The highest BCUT2D eigenvalue weighted by Gasteiger charge is 2.48. The van der Waals surface area contributed by atoms with Crippen molar-refractivity contribution in [3.63, 3.8) is 0 Å². The van der Waals surface area contributed by atoms with Crippen molar-refractivity contribution in [1.29, 1.82) is 5.26 Å². The number of aliphatic carboxylic acids is 1. The lowest BCUT2D eigenvalue weighted by Crippen LogP contribution is -2.45. The molecule has 5 rings (SSSR count). The quantitative estimate of drug-likeness (QED) is 0.281. The van der Waals surface area contributed by atoms with Gasteiger partial charge >= 0.3 is 5.97 Å². The summed E-state index contributed by atoms with van der Waals surface area (Å²) in [6.45, 7) is 0.280. The Morgan fingerprint density at radius 1 is 1.17 bits per heavy atom. The minimum Gasteiger partial charge on any atom is -0.481 e. The van der Waals surface area contributed by atoms with Crippen molar-refractivity contribution in [2.45, 2.75) is 25.0 Å². The molecule has 11 nitrogen and oxygen atoms in total. The number of halogens is 1. The van der Waals surface area contributed by atoms with E-state index >= 15 is 0 Å². The van der Waals surface area contributed by atoms with E-state index in [1.807, 2.05) is 12.1 Å². The number of carboxylic acid groups (broad SMARTS) is 1. The maximum absolute atomic E-state index is 11.1. The van der Waals surface area contributed by atoms with Gasteiger partial charge in [0, 0.05) is 9.13 Å². The zero-order valence-electron chi connectivity index (χ0n) is 18.7. The van der Waals surface area contributed by atoms with Crippen molar-refractivity contribution in [2.75, 3.05) is 5.73 Å². The van der Waals surface area contributed by atoms with Gasteiger partial charge in [0.2, 0.25) is 5.95 Å². The monoisotopic (exact) mass is 594 g/mol. The van der Waals surface area contributed by atoms with Gasteiger partial charge < -0.3 is 15.9 Å². The average molecular weight is 594 g/mol. The maximum Gasteiger partial charge on any atom is 0.306 e. The summed E-state index contributed by atoms with van der Waals surface area (Å²) in [5, 5.41) is 37.8. The topological polar surface area (TPSA) is 177 Å². The predicted molar refractivity (Wildman–Crippen MR) is 136 cm³/mol. The van der Waals surface area contributed by atoms with Crippen LogP contribution in [0.3, 0.4) is 0 Å². The molecule has 12 heteroatoms. The van der Waals surface area contributed by atoms with Crippen LogP contribution in [0.1, 0.15) is 29.8 Å². The van der Waals surface area contributed by atoms with Gasteiger partial charge in [-0.2, -0.15) is 5.26 Å². The SMILES string of the molecule is N#Cc1c(I)cccc1-c1cc(-c2cn(Cc3cccc(C4(O)CC(C(=O)O)C4)n3)nn2)nc(N)n1. The number of aliphatic hydroxyl groups is 1. The fourth-order valence-electron chi connectivity index (χ4n) is 4.21. The maximum atomic E-state index is 11.1. The zero-order valence-corrected chi connectivity index (χ0v) is 20.9. The Morgan fingerprint density at radius 2 is 1.92 bits per heavy atom. The molecular formula is C24H19IN8O3. The Balaban J connectivity index is 1.39. The highest BCUT2D eigenvalue weighted by molar-refractivity contribution is 14.1. The van der Waals surface area contributed by atoms with Crippen LogP contribution in [0, 0.1) is 20.8 Å². The van der Waals surface area contributed by atoms with E-state index in [1.165, 1.54) is 0 Å². The zero-order chi connectivity index (χ0) is 25.4. The number of anilines is 1. The Morgan fingerprint density at radius 3 is 2.67 bits per heavy atom. The second-order valence-corrected chi connectivity index (χ2v) is 9.72.